The number of nitrogens with one attached hydrogen (secondary N) is 2. The Morgan fingerprint density at radius 3 is 2.15 bits per heavy atom. The molecule has 2 saturated carbocycles. The van der Waals surface area contributed by atoms with Crippen molar-refractivity contribution in [3.05, 3.63) is 0 Å². The van der Waals surface area contributed by atoms with Crippen LogP contribution in [-0.2, 0) is 0 Å². The number of hydrogen-bond donors (Lipinski definition) is 2. The molecule has 2 fully saturated rings. The predicted molar refractivity (Wildman–Crippen MR) is 55.8 cm³/mol. The first-order valence-corrected chi connectivity index (χ1v) is 5.80. The van der Waals surface area contributed by atoms with Crippen molar-refractivity contribution in [2.75, 3.05) is 20.1 Å². The highest BCUT2D eigenvalue weighted by atomic mass is 14.9. The van der Waals surface area contributed by atoms with Crippen LogP contribution in [0.5, 0.6) is 0 Å². The van der Waals surface area contributed by atoms with Gasteiger partial charge in [-0.25, -0.2) is 0 Å². The zero-order chi connectivity index (χ0) is 9.10. The topological polar surface area (TPSA) is 24.1 Å². The highest BCUT2D eigenvalue weighted by Gasteiger charge is 2.40. The summed E-state index contributed by atoms with van der Waals surface area (Å²) in [5.74, 6) is 2.09. The van der Waals surface area contributed by atoms with Gasteiger partial charge in [-0.1, -0.05) is 0 Å². The minimum atomic E-state index is 0.886. The standard InChI is InChI=1S/C11H22N2/c1-12-7-2-8-13-11(9-3-4-9)10-5-6-10/h9-13H,2-8H2,1H3. The second-order valence-corrected chi connectivity index (χ2v) is 4.61. The fraction of sp³-hybridized carbons (Fsp3) is 1.00. The summed E-state index contributed by atoms with van der Waals surface area (Å²) in [6, 6.07) is 0.886. The molecule has 0 spiro atoms. The summed E-state index contributed by atoms with van der Waals surface area (Å²) in [5.41, 5.74) is 0. The van der Waals surface area contributed by atoms with E-state index in [9.17, 15) is 0 Å². The fourth-order valence-electron chi connectivity index (χ4n) is 2.16. The van der Waals surface area contributed by atoms with Gasteiger partial charge in [0, 0.05) is 6.04 Å². The van der Waals surface area contributed by atoms with Crippen LogP contribution in [-0.4, -0.2) is 26.2 Å². The zero-order valence-corrected chi connectivity index (χ0v) is 8.68. The lowest BCUT2D eigenvalue weighted by molar-refractivity contribution is 0.413. The summed E-state index contributed by atoms with van der Waals surface area (Å²) in [7, 11) is 2.03. The van der Waals surface area contributed by atoms with E-state index in [2.05, 4.69) is 10.6 Å². The van der Waals surface area contributed by atoms with Gasteiger partial charge in [-0.05, 0) is 64.1 Å². The van der Waals surface area contributed by atoms with Gasteiger partial charge in [0.05, 0.1) is 0 Å². The zero-order valence-electron chi connectivity index (χ0n) is 8.68. The largest absolute Gasteiger partial charge is 0.320 e. The minimum absolute atomic E-state index is 0.886. The van der Waals surface area contributed by atoms with Crippen LogP contribution in [0.1, 0.15) is 32.1 Å². The van der Waals surface area contributed by atoms with Crippen molar-refractivity contribution in [2.24, 2.45) is 11.8 Å². The van der Waals surface area contributed by atoms with Crippen LogP contribution in [0.2, 0.25) is 0 Å². The van der Waals surface area contributed by atoms with Crippen LogP contribution in [0.15, 0.2) is 0 Å². The van der Waals surface area contributed by atoms with Crippen LogP contribution in [0.25, 0.3) is 0 Å². The first-order valence-electron chi connectivity index (χ1n) is 5.80. The third kappa shape index (κ3) is 2.96. The van der Waals surface area contributed by atoms with Crippen molar-refractivity contribution >= 4 is 0 Å². The average Bonchev–Trinajstić information content (AvgIpc) is 2.99. The van der Waals surface area contributed by atoms with Gasteiger partial charge in [-0.3, -0.25) is 0 Å². The normalized spacial score (nSPS) is 22.6. The van der Waals surface area contributed by atoms with E-state index in [0.29, 0.717) is 0 Å². The number of rotatable bonds is 7. The van der Waals surface area contributed by atoms with E-state index in [1.54, 1.807) is 0 Å². The van der Waals surface area contributed by atoms with Gasteiger partial charge in [0.25, 0.3) is 0 Å². The fourth-order valence-corrected chi connectivity index (χ4v) is 2.16. The second-order valence-electron chi connectivity index (χ2n) is 4.61. The van der Waals surface area contributed by atoms with Crippen LogP contribution in [0.3, 0.4) is 0 Å². The minimum Gasteiger partial charge on any atom is -0.320 e. The lowest BCUT2D eigenvalue weighted by Crippen LogP contribution is -2.34. The molecule has 0 aliphatic heterocycles. The molecule has 0 aromatic heterocycles. The average molecular weight is 182 g/mol. The smallest absolute Gasteiger partial charge is 0.0124 e. The Balaban J connectivity index is 1.59. The van der Waals surface area contributed by atoms with Gasteiger partial charge in [0.15, 0.2) is 0 Å². The molecule has 0 unspecified atom stereocenters. The van der Waals surface area contributed by atoms with Crippen LogP contribution < -0.4 is 10.6 Å². The number of hydrogen-bond acceptors (Lipinski definition) is 2. The first kappa shape index (κ1) is 9.47. The lowest BCUT2D eigenvalue weighted by atomic mass is 10.1. The summed E-state index contributed by atoms with van der Waals surface area (Å²) in [4.78, 5) is 0. The van der Waals surface area contributed by atoms with Crippen molar-refractivity contribution in [2.45, 2.75) is 38.1 Å². The van der Waals surface area contributed by atoms with E-state index < -0.39 is 0 Å². The summed E-state index contributed by atoms with van der Waals surface area (Å²) >= 11 is 0. The van der Waals surface area contributed by atoms with E-state index in [0.717, 1.165) is 24.4 Å². The summed E-state index contributed by atoms with van der Waals surface area (Å²) in [6.07, 6.45) is 7.22. The molecule has 2 N–H and O–H groups in total. The molecular formula is C11H22N2. The van der Waals surface area contributed by atoms with Gasteiger partial charge in [0.1, 0.15) is 0 Å². The third-order valence-corrected chi connectivity index (χ3v) is 3.24. The quantitative estimate of drug-likeness (QED) is 0.581. The molecule has 0 atom stereocenters. The molecular weight excluding hydrogens is 160 g/mol. The molecule has 0 bridgehead atoms. The SMILES string of the molecule is CNCCCNC(C1CC1)C1CC1. The van der Waals surface area contributed by atoms with Crippen LogP contribution >= 0.6 is 0 Å². The molecule has 2 nitrogen and oxygen atoms in total. The summed E-state index contributed by atoms with van der Waals surface area (Å²) in [6.45, 7) is 2.35. The Morgan fingerprint density at radius 1 is 1.08 bits per heavy atom. The Morgan fingerprint density at radius 2 is 1.69 bits per heavy atom. The highest BCUT2D eigenvalue weighted by molar-refractivity contribution is 4.96. The molecule has 0 radical (unpaired) electrons. The molecule has 13 heavy (non-hydrogen) atoms. The monoisotopic (exact) mass is 182 g/mol. The maximum Gasteiger partial charge on any atom is 0.0124 e. The van der Waals surface area contributed by atoms with Gasteiger partial charge < -0.3 is 10.6 Å². The molecule has 2 aliphatic rings. The Kier molecular flexibility index (Phi) is 3.23. The van der Waals surface area contributed by atoms with Crippen LogP contribution in [0, 0.1) is 11.8 Å². The third-order valence-electron chi connectivity index (χ3n) is 3.24. The van der Waals surface area contributed by atoms with Crippen molar-refractivity contribution in [1.82, 2.24) is 10.6 Å². The molecule has 76 valence electrons. The van der Waals surface area contributed by atoms with Crippen molar-refractivity contribution in [1.29, 1.82) is 0 Å². The van der Waals surface area contributed by atoms with Crippen LogP contribution in [0.4, 0.5) is 0 Å². The van der Waals surface area contributed by atoms with Crippen molar-refractivity contribution < 1.29 is 0 Å². The van der Waals surface area contributed by atoms with Crippen molar-refractivity contribution in [3.8, 4) is 0 Å². The van der Waals surface area contributed by atoms with E-state index in [-0.39, 0.29) is 0 Å². The maximum absolute atomic E-state index is 3.74. The van der Waals surface area contributed by atoms with Gasteiger partial charge in [-0.15, -0.1) is 0 Å². The molecule has 0 aromatic carbocycles. The predicted octanol–water partition coefficient (Wildman–Crippen LogP) is 1.37. The molecule has 2 aliphatic carbocycles. The molecule has 2 heteroatoms. The molecule has 0 amide bonds. The molecule has 0 heterocycles. The first-order chi connectivity index (χ1) is 6.42. The molecule has 2 rings (SSSR count). The lowest BCUT2D eigenvalue weighted by Gasteiger charge is -2.17. The van der Waals surface area contributed by atoms with Gasteiger partial charge in [0.2, 0.25) is 0 Å². The van der Waals surface area contributed by atoms with E-state index in [1.807, 2.05) is 7.05 Å². The Hall–Kier alpha value is -0.0800. The summed E-state index contributed by atoms with van der Waals surface area (Å²) in [5, 5.41) is 6.93. The maximum atomic E-state index is 3.74. The van der Waals surface area contributed by atoms with Gasteiger partial charge in [-0.2, -0.15) is 0 Å². The molecule has 0 aromatic rings. The van der Waals surface area contributed by atoms with Gasteiger partial charge >= 0.3 is 0 Å². The van der Waals surface area contributed by atoms with Crippen molar-refractivity contribution in [3.63, 3.8) is 0 Å². The Labute approximate surface area is 81.5 Å². The summed E-state index contributed by atoms with van der Waals surface area (Å²) < 4.78 is 0. The Bertz CT molecular complexity index is 138. The van der Waals surface area contributed by atoms with E-state index in [4.69, 9.17) is 0 Å². The van der Waals surface area contributed by atoms with E-state index >= 15 is 0 Å². The second kappa shape index (κ2) is 4.43. The highest BCUT2D eigenvalue weighted by Crippen LogP contribution is 2.44. The molecule has 0 saturated heterocycles. The van der Waals surface area contributed by atoms with E-state index in [1.165, 1.54) is 38.6 Å².